The normalized spacial score (nSPS) is 14.1. The van der Waals surface area contributed by atoms with E-state index in [0.29, 0.717) is 22.6 Å². The number of hydrogen-bond donors (Lipinski definition) is 0. The van der Waals surface area contributed by atoms with Crippen molar-refractivity contribution < 1.29 is 22.4 Å². The predicted octanol–water partition coefficient (Wildman–Crippen LogP) is 5.61. The molecule has 0 bridgehead atoms. The van der Waals surface area contributed by atoms with Crippen molar-refractivity contribution in [3.8, 4) is 0 Å². The second-order valence-corrected chi connectivity index (χ2v) is 7.13. The zero-order chi connectivity index (χ0) is 21.6. The van der Waals surface area contributed by atoms with Crippen LogP contribution in [0.2, 0.25) is 0 Å². The topological polar surface area (TPSA) is 36.4 Å². The minimum absolute atomic E-state index is 0.0518. The molecule has 2 heterocycles. The number of alkyl halides is 3. The van der Waals surface area contributed by atoms with Gasteiger partial charge in [0, 0.05) is 11.9 Å². The number of aryl methyl sites for hydroxylation is 2. The minimum atomic E-state index is -4.58. The highest BCUT2D eigenvalue weighted by molar-refractivity contribution is 6.13. The second-order valence-electron chi connectivity index (χ2n) is 7.13. The number of carbonyl (C=O) groups is 1. The zero-order valence-corrected chi connectivity index (χ0v) is 16.2. The summed E-state index contributed by atoms with van der Waals surface area (Å²) in [5.74, 6) is -0.972. The summed E-state index contributed by atoms with van der Waals surface area (Å²) in [6.45, 7) is 3.55. The summed E-state index contributed by atoms with van der Waals surface area (Å²) in [4.78, 5) is 20.4. The Bertz CT molecular complexity index is 1140. The van der Waals surface area contributed by atoms with Crippen LogP contribution >= 0.6 is 0 Å². The van der Waals surface area contributed by atoms with Gasteiger partial charge in [-0.2, -0.15) is 13.2 Å². The van der Waals surface area contributed by atoms with Crippen molar-refractivity contribution in [3.63, 3.8) is 0 Å². The van der Waals surface area contributed by atoms with Gasteiger partial charge < -0.3 is 4.90 Å². The molecule has 0 saturated heterocycles. The second kappa shape index (κ2) is 7.12. The van der Waals surface area contributed by atoms with Gasteiger partial charge >= 0.3 is 6.18 Å². The van der Waals surface area contributed by atoms with E-state index < -0.39 is 23.5 Å². The average molecular weight is 415 g/mol. The van der Waals surface area contributed by atoms with Crippen molar-refractivity contribution in [1.82, 2.24) is 4.98 Å². The van der Waals surface area contributed by atoms with Gasteiger partial charge in [-0.25, -0.2) is 4.39 Å². The van der Waals surface area contributed by atoms with Crippen molar-refractivity contribution in [3.05, 3.63) is 82.9 Å². The average Bonchev–Trinajstić information content (AvgIpc) is 2.69. The first-order chi connectivity index (χ1) is 14.2. The molecule has 30 heavy (non-hydrogen) atoms. The van der Waals surface area contributed by atoms with Gasteiger partial charge in [0.05, 0.1) is 28.7 Å². The van der Waals surface area contributed by atoms with E-state index in [2.05, 4.69) is 4.98 Å². The van der Waals surface area contributed by atoms with Gasteiger partial charge in [0.25, 0.3) is 5.91 Å². The van der Waals surface area contributed by atoms with E-state index >= 15 is 0 Å². The van der Waals surface area contributed by atoms with E-state index in [9.17, 15) is 22.4 Å². The highest BCUT2D eigenvalue weighted by Gasteiger charge is 2.37. The Morgan fingerprint density at radius 1 is 0.900 bits per heavy atom. The number of anilines is 3. The summed E-state index contributed by atoms with van der Waals surface area (Å²) < 4.78 is 53.6. The number of rotatable bonds is 2. The number of pyridine rings is 1. The number of fused-ring (bicyclic) bond motifs is 1. The molecule has 0 atom stereocenters. The third kappa shape index (κ3) is 3.38. The molecule has 0 N–H and O–H groups in total. The van der Waals surface area contributed by atoms with E-state index in [1.54, 1.807) is 37.1 Å². The van der Waals surface area contributed by atoms with Crippen LogP contribution in [0.1, 0.15) is 27.0 Å². The molecule has 1 amide bonds. The molecule has 0 unspecified atom stereocenters. The van der Waals surface area contributed by atoms with E-state index in [-0.39, 0.29) is 12.2 Å². The molecule has 1 aliphatic rings. The van der Waals surface area contributed by atoms with Crippen LogP contribution in [-0.2, 0) is 6.18 Å². The van der Waals surface area contributed by atoms with Gasteiger partial charge in [-0.3, -0.25) is 14.7 Å². The fraction of sp³-hybridized carbons (Fsp3) is 0.182. The lowest BCUT2D eigenvalue weighted by Gasteiger charge is -2.39. The Morgan fingerprint density at radius 3 is 2.30 bits per heavy atom. The number of halogens is 4. The Labute approximate surface area is 170 Å². The molecule has 8 heteroatoms. The maximum Gasteiger partial charge on any atom is 0.416 e. The molecular weight excluding hydrogens is 398 g/mol. The maximum atomic E-state index is 13.6. The highest BCUT2D eigenvalue weighted by Crippen LogP contribution is 2.40. The molecule has 4 rings (SSSR count). The van der Waals surface area contributed by atoms with E-state index in [1.165, 1.54) is 29.3 Å². The summed E-state index contributed by atoms with van der Waals surface area (Å²) in [6, 6.07) is 8.99. The van der Waals surface area contributed by atoms with Crippen LogP contribution < -0.4 is 9.80 Å². The molecule has 0 radical (unpaired) electrons. The first kappa shape index (κ1) is 19.9. The van der Waals surface area contributed by atoms with Crippen LogP contribution in [0.3, 0.4) is 0 Å². The molecular formula is C22H17F4N3O. The van der Waals surface area contributed by atoms with Crippen LogP contribution in [0.25, 0.3) is 0 Å². The number of nitrogens with zero attached hydrogens (tertiary/aromatic N) is 3. The number of hydrogen-bond acceptors (Lipinski definition) is 3. The first-order valence-electron chi connectivity index (χ1n) is 9.14. The van der Waals surface area contributed by atoms with Crippen LogP contribution in [0, 0.1) is 19.7 Å². The number of aromatic nitrogens is 1. The summed E-state index contributed by atoms with van der Waals surface area (Å²) in [5.41, 5.74) is 1.79. The summed E-state index contributed by atoms with van der Waals surface area (Å²) in [6.07, 6.45) is -1.51. The standard InChI is InChI=1S/C22H17F4N3O/c1-13-7-8-27-11-20(13)29-12-28(18-6-4-16(23)9-14(18)2)19-5-3-15(22(24,25)26)10-17(19)21(29)30/h3-11H,12H2,1-2H3. The number of carbonyl (C=O) groups excluding carboxylic acids is 1. The molecule has 4 nitrogen and oxygen atoms in total. The fourth-order valence-electron chi connectivity index (χ4n) is 3.60. The van der Waals surface area contributed by atoms with Crippen molar-refractivity contribution in [1.29, 1.82) is 0 Å². The van der Waals surface area contributed by atoms with Crippen LogP contribution in [0.15, 0.2) is 54.9 Å². The molecule has 0 aliphatic carbocycles. The molecule has 3 aromatic rings. The lowest BCUT2D eigenvalue weighted by molar-refractivity contribution is -0.137. The van der Waals surface area contributed by atoms with E-state index in [0.717, 1.165) is 17.7 Å². The molecule has 0 spiro atoms. The fourth-order valence-corrected chi connectivity index (χ4v) is 3.60. The van der Waals surface area contributed by atoms with Crippen LogP contribution in [0.5, 0.6) is 0 Å². The van der Waals surface area contributed by atoms with Gasteiger partial charge in [0.2, 0.25) is 0 Å². The molecule has 0 fully saturated rings. The Balaban J connectivity index is 1.92. The van der Waals surface area contributed by atoms with Gasteiger partial charge in [-0.1, -0.05) is 0 Å². The highest BCUT2D eigenvalue weighted by atomic mass is 19.4. The maximum absolute atomic E-state index is 13.6. The lowest BCUT2D eigenvalue weighted by atomic mass is 10.0. The molecule has 0 saturated carbocycles. The Morgan fingerprint density at radius 2 is 1.63 bits per heavy atom. The number of amides is 1. The smallest absolute Gasteiger partial charge is 0.322 e. The van der Waals surface area contributed by atoms with Gasteiger partial charge in [-0.05, 0) is 67.4 Å². The monoisotopic (exact) mass is 415 g/mol. The zero-order valence-electron chi connectivity index (χ0n) is 16.2. The SMILES string of the molecule is Cc1ccncc1N1CN(c2ccc(F)cc2C)c2ccc(C(F)(F)F)cc2C1=O. The lowest BCUT2D eigenvalue weighted by Crippen LogP contribution is -2.45. The van der Waals surface area contributed by atoms with Crippen LogP contribution in [-0.4, -0.2) is 17.6 Å². The number of benzene rings is 2. The summed E-state index contributed by atoms with van der Waals surface area (Å²) >= 11 is 0. The third-order valence-electron chi connectivity index (χ3n) is 5.12. The predicted molar refractivity (Wildman–Crippen MR) is 105 cm³/mol. The van der Waals surface area contributed by atoms with Gasteiger partial charge in [0.1, 0.15) is 12.5 Å². The molecule has 1 aliphatic heterocycles. The van der Waals surface area contributed by atoms with Gasteiger partial charge in [0.15, 0.2) is 0 Å². The molecule has 154 valence electrons. The van der Waals surface area contributed by atoms with E-state index in [4.69, 9.17) is 0 Å². The largest absolute Gasteiger partial charge is 0.416 e. The van der Waals surface area contributed by atoms with Crippen molar-refractivity contribution >= 4 is 23.0 Å². The molecule has 2 aromatic carbocycles. The van der Waals surface area contributed by atoms with Crippen molar-refractivity contribution in [2.24, 2.45) is 0 Å². The quantitative estimate of drug-likeness (QED) is 0.511. The first-order valence-corrected chi connectivity index (χ1v) is 9.14. The van der Waals surface area contributed by atoms with Crippen LogP contribution in [0.4, 0.5) is 34.6 Å². The Kier molecular flexibility index (Phi) is 4.72. The molecule has 1 aromatic heterocycles. The summed E-state index contributed by atoms with van der Waals surface area (Å²) in [5, 5.41) is 0. The van der Waals surface area contributed by atoms with E-state index in [1.807, 2.05) is 0 Å². The third-order valence-corrected chi connectivity index (χ3v) is 5.12. The van der Waals surface area contributed by atoms with Crippen molar-refractivity contribution in [2.75, 3.05) is 16.5 Å². The van der Waals surface area contributed by atoms with Gasteiger partial charge in [-0.15, -0.1) is 0 Å². The Hall–Kier alpha value is -3.42. The summed E-state index contributed by atoms with van der Waals surface area (Å²) in [7, 11) is 0. The van der Waals surface area contributed by atoms with Crippen molar-refractivity contribution in [2.45, 2.75) is 20.0 Å². The minimum Gasteiger partial charge on any atom is -0.322 e.